The van der Waals surface area contributed by atoms with Crippen molar-refractivity contribution in [2.45, 2.75) is 75.2 Å². The molecule has 3 saturated heterocycles. The summed E-state index contributed by atoms with van der Waals surface area (Å²) in [7, 11) is 0. The Bertz CT molecular complexity index is 906. The van der Waals surface area contributed by atoms with Crippen LogP contribution >= 0.6 is 11.8 Å². The molecule has 2 bridgehead atoms. The van der Waals surface area contributed by atoms with Gasteiger partial charge in [-0.1, -0.05) is 44.2 Å². The predicted octanol–water partition coefficient (Wildman–Crippen LogP) is 1.94. The lowest BCUT2D eigenvalue weighted by molar-refractivity contribution is -0.143. The molecular weight excluding hydrogens is 438 g/mol. The van der Waals surface area contributed by atoms with E-state index in [2.05, 4.69) is 17.6 Å². The molecule has 0 aliphatic carbocycles. The number of hydrogen-bond donors (Lipinski definition) is 3. The number of rotatable bonds is 8. The second-order valence-corrected chi connectivity index (χ2v) is 11.5. The van der Waals surface area contributed by atoms with Crippen LogP contribution in [0.2, 0.25) is 0 Å². The summed E-state index contributed by atoms with van der Waals surface area (Å²) < 4.78 is -0.655. The molecule has 7 nitrogen and oxygen atoms in total. The molecule has 3 heterocycles. The van der Waals surface area contributed by atoms with Crippen LogP contribution in [-0.4, -0.2) is 62.5 Å². The van der Waals surface area contributed by atoms with Crippen molar-refractivity contribution >= 4 is 29.5 Å². The zero-order chi connectivity index (χ0) is 23.9. The molecule has 1 aromatic rings. The molecule has 3 amide bonds. The summed E-state index contributed by atoms with van der Waals surface area (Å²) >= 11 is 1.66. The number of carbonyl (C=O) groups is 3. The van der Waals surface area contributed by atoms with Crippen LogP contribution in [0.4, 0.5) is 0 Å². The number of fused-ring (bicyclic) bond motifs is 1. The summed E-state index contributed by atoms with van der Waals surface area (Å²) in [5.74, 6) is -1.39. The molecule has 3 fully saturated rings. The van der Waals surface area contributed by atoms with Gasteiger partial charge in [-0.2, -0.15) is 0 Å². The van der Waals surface area contributed by atoms with Crippen molar-refractivity contribution in [2.75, 3.05) is 6.61 Å². The Morgan fingerprint density at radius 1 is 1.24 bits per heavy atom. The quantitative estimate of drug-likeness (QED) is 0.536. The topological polar surface area (TPSA) is 98.7 Å². The second-order valence-electron chi connectivity index (χ2n) is 9.91. The molecule has 180 valence electrons. The van der Waals surface area contributed by atoms with Crippen LogP contribution in [0, 0.1) is 17.8 Å². The summed E-state index contributed by atoms with van der Waals surface area (Å²) in [6.45, 7) is 8.02. The molecule has 33 heavy (non-hydrogen) atoms. The van der Waals surface area contributed by atoms with Crippen molar-refractivity contribution in [2.24, 2.45) is 17.8 Å². The van der Waals surface area contributed by atoms with Gasteiger partial charge in [0.15, 0.2) is 0 Å². The van der Waals surface area contributed by atoms with Gasteiger partial charge in [0.2, 0.25) is 17.7 Å². The first kappa shape index (κ1) is 24.1. The number of amides is 3. The Kier molecular flexibility index (Phi) is 6.78. The maximum atomic E-state index is 13.9. The van der Waals surface area contributed by atoms with E-state index in [4.69, 9.17) is 0 Å². The Morgan fingerprint density at radius 2 is 1.94 bits per heavy atom. The van der Waals surface area contributed by atoms with Crippen molar-refractivity contribution in [3.8, 4) is 0 Å². The van der Waals surface area contributed by atoms with E-state index in [9.17, 15) is 19.5 Å². The van der Waals surface area contributed by atoms with Crippen LogP contribution in [0.1, 0.15) is 46.1 Å². The fourth-order valence-corrected chi connectivity index (χ4v) is 8.54. The first-order valence-corrected chi connectivity index (χ1v) is 12.9. The molecule has 7 atom stereocenters. The highest BCUT2D eigenvalue weighted by Gasteiger charge is 2.76. The number of nitrogens with zero attached hydrogens (tertiary/aromatic N) is 1. The van der Waals surface area contributed by atoms with E-state index in [-0.39, 0.29) is 41.5 Å². The van der Waals surface area contributed by atoms with Crippen LogP contribution in [0.25, 0.3) is 0 Å². The molecule has 3 N–H and O–H groups in total. The molecule has 0 saturated carbocycles. The van der Waals surface area contributed by atoms with Gasteiger partial charge in [-0.15, -0.1) is 11.8 Å². The monoisotopic (exact) mass is 473 g/mol. The Hall–Kier alpha value is -2.06. The third-order valence-electron chi connectivity index (χ3n) is 7.55. The summed E-state index contributed by atoms with van der Waals surface area (Å²) in [5, 5.41) is 16.1. The number of likely N-dealkylation sites (tertiary alicyclic amines) is 1. The van der Waals surface area contributed by atoms with E-state index >= 15 is 0 Å². The van der Waals surface area contributed by atoms with Crippen LogP contribution in [0.3, 0.4) is 0 Å². The van der Waals surface area contributed by atoms with Crippen molar-refractivity contribution in [1.29, 1.82) is 0 Å². The van der Waals surface area contributed by atoms with E-state index in [1.54, 1.807) is 16.7 Å². The molecule has 4 rings (SSSR count). The average Bonchev–Trinajstić information content (AvgIpc) is 3.37. The Morgan fingerprint density at radius 3 is 2.55 bits per heavy atom. The number of hydrogen-bond acceptors (Lipinski definition) is 5. The van der Waals surface area contributed by atoms with Crippen molar-refractivity contribution in [3.63, 3.8) is 0 Å². The molecule has 8 heteroatoms. The maximum absolute atomic E-state index is 13.9. The van der Waals surface area contributed by atoms with Gasteiger partial charge in [-0.25, -0.2) is 0 Å². The van der Waals surface area contributed by atoms with E-state index in [0.717, 1.165) is 12.0 Å². The second kappa shape index (κ2) is 9.29. The average molecular weight is 474 g/mol. The molecule has 1 aromatic carbocycles. The maximum Gasteiger partial charge on any atom is 0.244 e. The smallest absolute Gasteiger partial charge is 0.244 e. The molecule has 0 radical (unpaired) electrons. The summed E-state index contributed by atoms with van der Waals surface area (Å²) in [4.78, 5) is 42.5. The number of nitrogens with one attached hydrogen (secondary N) is 2. The summed E-state index contributed by atoms with van der Waals surface area (Å²) in [5.41, 5.74) is 1.00. The number of aliphatic hydroxyl groups is 1. The van der Waals surface area contributed by atoms with Gasteiger partial charge in [0, 0.05) is 17.8 Å². The number of benzene rings is 1. The summed E-state index contributed by atoms with van der Waals surface area (Å²) in [6, 6.07) is 8.52. The highest BCUT2D eigenvalue weighted by atomic mass is 32.2. The lowest BCUT2D eigenvalue weighted by Gasteiger charge is -2.40. The van der Waals surface area contributed by atoms with Crippen molar-refractivity contribution in [1.82, 2.24) is 15.5 Å². The molecule has 1 spiro atoms. The van der Waals surface area contributed by atoms with E-state index in [1.807, 2.05) is 51.1 Å². The van der Waals surface area contributed by atoms with Gasteiger partial charge >= 0.3 is 0 Å². The lowest BCUT2D eigenvalue weighted by atomic mass is 9.66. The third-order valence-corrected chi connectivity index (χ3v) is 9.63. The molecular formula is C25H35N3O4S. The minimum atomic E-state index is -0.688. The largest absolute Gasteiger partial charge is 0.394 e. The molecule has 3 aliphatic heterocycles. The first-order valence-electron chi connectivity index (χ1n) is 12.0. The molecule has 3 aliphatic rings. The van der Waals surface area contributed by atoms with E-state index in [1.165, 1.54) is 0 Å². The fraction of sp³-hybridized carbons (Fsp3) is 0.640. The van der Waals surface area contributed by atoms with Crippen molar-refractivity contribution in [3.05, 3.63) is 35.9 Å². The predicted molar refractivity (Wildman–Crippen MR) is 128 cm³/mol. The minimum Gasteiger partial charge on any atom is -0.394 e. The van der Waals surface area contributed by atoms with Crippen LogP contribution in [-0.2, 0) is 20.9 Å². The third kappa shape index (κ3) is 3.85. The van der Waals surface area contributed by atoms with Gasteiger partial charge in [-0.3, -0.25) is 14.4 Å². The molecule has 0 aromatic heterocycles. The highest BCUT2D eigenvalue weighted by Crippen LogP contribution is 2.68. The van der Waals surface area contributed by atoms with Crippen LogP contribution in [0.15, 0.2) is 30.3 Å². The van der Waals surface area contributed by atoms with E-state index < -0.39 is 28.7 Å². The van der Waals surface area contributed by atoms with Crippen molar-refractivity contribution < 1.29 is 19.5 Å². The van der Waals surface area contributed by atoms with E-state index in [0.29, 0.717) is 13.0 Å². The highest BCUT2D eigenvalue weighted by molar-refractivity contribution is 8.02. The number of aliphatic hydroxyl groups excluding tert-OH is 1. The zero-order valence-corrected chi connectivity index (χ0v) is 20.6. The number of carbonyl (C=O) groups excluding carboxylic acids is 3. The fourth-order valence-electron chi connectivity index (χ4n) is 6.13. The SMILES string of the molecule is CC[C@@H](CO)N1C(=O)[C@@H]2[C@@H](C(=O)NCc3ccccc3)[C@H]3CC(C)C2(S3)C1C(=O)NC(C)C. The van der Waals surface area contributed by atoms with Gasteiger partial charge in [0.25, 0.3) is 0 Å². The molecule has 3 unspecified atom stereocenters. The van der Waals surface area contributed by atoms with Gasteiger partial charge < -0.3 is 20.6 Å². The Balaban J connectivity index is 1.68. The first-order chi connectivity index (χ1) is 15.8. The number of thioether (sulfide) groups is 1. The minimum absolute atomic E-state index is 0.00965. The zero-order valence-electron chi connectivity index (χ0n) is 19.8. The lowest BCUT2D eigenvalue weighted by Crippen LogP contribution is -2.59. The van der Waals surface area contributed by atoms with Crippen LogP contribution in [0.5, 0.6) is 0 Å². The van der Waals surface area contributed by atoms with Gasteiger partial charge in [-0.05, 0) is 38.2 Å². The Labute approximate surface area is 200 Å². The summed E-state index contributed by atoms with van der Waals surface area (Å²) in [6.07, 6.45) is 1.34. The standard InChI is InChI=1S/C25H35N3O4S/c1-5-17(13-29)28-21(23(31)27-14(2)3)25-15(4)11-18(33-25)19(20(25)24(28)32)22(30)26-12-16-9-7-6-8-10-16/h6-10,14-15,17-21,29H,5,11-13H2,1-4H3,(H,26,30)(H,27,31)/t15?,17-,18+,19-,20-,21?,25?/m0/s1. The van der Waals surface area contributed by atoms with Gasteiger partial charge in [0.1, 0.15) is 6.04 Å². The van der Waals surface area contributed by atoms with Gasteiger partial charge in [0.05, 0.1) is 29.2 Å². The van der Waals surface area contributed by atoms with Crippen LogP contribution < -0.4 is 10.6 Å². The normalized spacial score (nSPS) is 33.3.